The lowest BCUT2D eigenvalue weighted by molar-refractivity contribution is 0.502. The van der Waals surface area contributed by atoms with E-state index < -0.39 is 11.6 Å². The molecular weight excluding hydrogens is 206 g/mol. The third-order valence-corrected chi connectivity index (χ3v) is 2.73. The van der Waals surface area contributed by atoms with E-state index in [9.17, 15) is 8.78 Å². The van der Waals surface area contributed by atoms with E-state index in [1.54, 1.807) is 6.07 Å². The predicted molar refractivity (Wildman–Crippen MR) is 62.0 cm³/mol. The molecule has 0 heterocycles. The summed E-state index contributed by atoms with van der Waals surface area (Å²) in [5, 5.41) is 0. The van der Waals surface area contributed by atoms with Crippen LogP contribution in [0.2, 0.25) is 0 Å². The van der Waals surface area contributed by atoms with Crippen molar-refractivity contribution in [1.29, 1.82) is 0 Å². The Morgan fingerprint density at radius 2 is 1.88 bits per heavy atom. The molecule has 0 saturated carbocycles. The van der Waals surface area contributed by atoms with E-state index in [2.05, 4.69) is 11.8 Å². The summed E-state index contributed by atoms with van der Waals surface area (Å²) in [6, 6.07) is 4.04. The van der Waals surface area contributed by atoms with E-state index in [1.807, 2.05) is 20.8 Å². The van der Waals surface area contributed by atoms with Gasteiger partial charge in [-0.25, -0.2) is 8.78 Å². The number of benzene rings is 1. The van der Waals surface area contributed by atoms with Crippen LogP contribution in [0.25, 0.3) is 0 Å². The Morgan fingerprint density at radius 1 is 1.19 bits per heavy atom. The molecule has 0 nitrogen and oxygen atoms in total. The summed E-state index contributed by atoms with van der Waals surface area (Å²) in [7, 11) is 0. The molecule has 1 aromatic rings. The van der Waals surface area contributed by atoms with Crippen LogP contribution in [0.1, 0.15) is 38.7 Å². The molecule has 86 valence electrons. The minimum atomic E-state index is -0.803. The molecule has 2 heteroatoms. The summed E-state index contributed by atoms with van der Waals surface area (Å²) in [6.07, 6.45) is 0.814. The van der Waals surface area contributed by atoms with Crippen molar-refractivity contribution in [2.75, 3.05) is 0 Å². The van der Waals surface area contributed by atoms with Gasteiger partial charge >= 0.3 is 0 Å². The summed E-state index contributed by atoms with van der Waals surface area (Å²) in [5.41, 5.74) is 0.789. The monoisotopic (exact) mass is 222 g/mol. The van der Waals surface area contributed by atoms with E-state index in [0.29, 0.717) is 0 Å². The first-order chi connectivity index (χ1) is 7.56. The molecule has 0 aromatic heterocycles. The molecule has 0 amide bonds. The van der Waals surface area contributed by atoms with Gasteiger partial charge in [-0.15, -0.1) is 5.92 Å². The maximum absolute atomic E-state index is 13.0. The largest absolute Gasteiger partial charge is 0.204 e. The average molecular weight is 222 g/mol. The van der Waals surface area contributed by atoms with Crippen LogP contribution in [0.15, 0.2) is 18.2 Å². The van der Waals surface area contributed by atoms with Gasteiger partial charge in [0.25, 0.3) is 0 Å². The first-order valence-corrected chi connectivity index (χ1v) is 5.49. The van der Waals surface area contributed by atoms with Gasteiger partial charge in [0.15, 0.2) is 11.6 Å². The van der Waals surface area contributed by atoms with E-state index in [-0.39, 0.29) is 11.8 Å². The van der Waals surface area contributed by atoms with Gasteiger partial charge in [-0.1, -0.05) is 32.8 Å². The molecule has 0 aliphatic rings. The van der Waals surface area contributed by atoms with Gasteiger partial charge in [0.1, 0.15) is 0 Å². The molecule has 1 rings (SSSR count). The minimum Gasteiger partial charge on any atom is -0.204 e. The highest BCUT2D eigenvalue weighted by atomic mass is 19.2. The molecule has 0 aliphatic heterocycles. The highest BCUT2D eigenvalue weighted by molar-refractivity contribution is 5.24. The van der Waals surface area contributed by atoms with Gasteiger partial charge in [0.2, 0.25) is 0 Å². The van der Waals surface area contributed by atoms with Gasteiger partial charge < -0.3 is 0 Å². The van der Waals surface area contributed by atoms with Crippen LogP contribution in [-0.2, 0) is 0 Å². The predicted octanol–water partition coefficient (Wildman–Crippen LogP) is 4.12. The molecule has 2 unspecified atom stereocenters. The first kappa shape index (κ1) is 12.7. The minimum absolute atomic E-state index is 0.106. The smallest absolute Gasteiger partial charge is 0.159 e. The van der Waals surface area contributed by atoms with Crippen molar-refractivity contribution in [2.24, 2.45) is 5.92 Å². The van der Waals surface area contributed by atoms with Gasteiger partial charge in [-0.3, -0.25) is 0 Å². The van der Waals surface area contributed by atoms with Crippen molar-refractivity contribution in [3.8, 4) is 11.8 Å². The Kier molecular flexibility index (Phi) is 4.49. The fourth-order valence-corrected chi connectivity index (χ4v) is 1.47. The van der Waals surface area contributed by atoms with E-state index in [1.165, 1.54) is 12.1 Å². The molecule has 2 atom stereocenters. The van der Waals surface area contributed by atoms with E-state index in [0.717, 1.165) is 12.0 Å². The van der Waals surface area contributed by atoms with E-state index >= 15 is 0 Å². The summed E-state index contributed by atoms with van der Waals surface area (Å²) in [6.45, 7) is 5.96. The Labute approximate surface area is 95.7 Å². The van der Waals surface area contributed by atoms with Gasteiger partial charge in [0, 0.05) is 12.3 Å². The van der Waals surface area contributed by atoms with Crippen molar-refractivity contribution in [1.82, 2.24) is 0 Å². The fourth-order valence-electron chi connectivity index (χ4n) is 1.47. The molecule has 0 fully saturated rings. The number of halogens is 2. The Hall–Kier alpha value is -1.36. The molecule has 0 aliphatic carbocycles. The van der Waals surface area contributed by atoms with Crippen LogP contribution < -0.4 is 0 Å². The SMILES string of the molecule is CCC#CC(C)C(C)c1ccc(F)c(F)c1. The Balaban J connectivity index is 2.87. The van der Waals surface area contributed by atoms with Crippen molar-refractivity contribution < 1.29 is 8.78 Å². The molecule has 0 saturated heterocycles. The van der Waals surface area contributed by atoms with Crippen LogP contribution >= 0.6 is 0 Å². The Bertz CT molecular complexity index is 412. The number of hydrogen-bond donors (Lipinski definition) is 0. The second kappa shape index (κ2) is 5.65. The van der Waals surface area contributed by atoms with Gasteiger partial charge in [-0.05, 0) is 23.6 Å². The molecular formula is C14H16F2. The lowest BCUT2D eigenvalue weighted by Crippen LogP contribution is -2.05. The fraction of sp³-hybridized carbons (Fsp3) is 0.429. The van der Waals surface area contributed by atoms with E-state index in [4.69, 9.17) is 0 Å². The van der Waals surface area contributed by atoms with Crippen molar-refractivity contribution >= 4 is 0 Å². The van der Waals surface area contributed by atoms with Crippen molar-refractivity contribution in [3.63, 3.8) is 0 Å². The first-order valence-electron chi connectivity index (χ1n) is 5.49. The number of rotatable bonds is 2. The molecule has 0 radical (unpaired) electrons. The van der Waals surface area contributed by atoms with Crippen molar-refractivity contribution in [3.05, 3.63) is 35.4 Å². The lowest BCUT2D eigenvalue weighted by atomic mass is 9.89. The second-order valence-corrected chi connectivity index (χ2v) is 3.93. The second-order valence-electron chi connectivity index (χ2n) is 3.93. The standard InChI is InChI=1S/C14H16F2/c1-4-5-6-10(2)11(3)12-7-8-13(15)14(16)9-12/h7-11H,4H2,1-3H3. The van der Waals surface area contributed by atoms with Crippen molar-refractivity contribution in [2.45, 2.75) is 33.1 Å². The van der Waals surface area contributed by atoms with Crippen LogP contribution in [0, 0.1) is 29.4 Å². The number of hydrogen-bond acceptors (Lipinski definition) is 0. The highest BCUT2D eigenvalue weighted by Crippen LogP contribution is 2.24. The third-order valence-electron chi connectivity index (χ3n) is 2.73. The lowest BCUT2D eigenvalue weighted by Gasteiger charge is -2.15. The molecule has 16 heavy (non-hydrogen) atoms. The summed E-state index contributed by atoms with van der Waals surface area (Å²) in [4.78, 5) is 0. The quantitative estimate of drug-likeness (QED) is 0.660. The zero-order chi connectivity index (χ0) is 12.1. The molecule has 0 N–H and O–H groups in total. The van der Waals surface area contributed by atoms with Crippen LogP contribution in [0.3, 0.4) is 0 Å². The van der Waals surface area contributed by atoms with Crippen LogP contribution in [0.4, 0.5) is 8.78 Å². The normalized spacial score (nSPS) is 13.8. The summed E-state index contributed by atoms with van der Waals surface area (Å²) < 4.78 is 25.8. The molecule has 0 bridgehead atoms. The highest BCUT2D eigenvalue weighted by Gasteiger charge is 2.14. The van der Waals surface area contributed by atoms with Gasteiger partial charge in [0.05, 0.1) is 0 Å². The summed E-state index contributed by atoms with van der Waals surface area (Å²) in [5.74, 6) is 4.76. The average Bonchev–Trinajstić information content (AvgIpc) is 2.28. The van der Waals surface area contributed by atoms with Crippen LogP contribution in [-0.4, -0.2) is 0 Å². The molecule has 1 aromatic carbocycles. The zero-order valence-electron chi connectivity index (χ0n) is 9.85. The molecule has 0 spiro atoms. The third kappa shape index (κ3) is 3.06. The van der Waals surface area contributed by atoms with Gasteiger partial charge in [-0.2, -0.15) is 0 Å². The topological polar surface area (TPSA) is 0 Å². The zero-order valence-corrected chi connectivity index (χ0v) is 9.85. The Morgan fingerprint density at radius 3 is 2.44 bits per heavy atom. The van der Waals surface area contributed by atoms with Crippen LogP contribution in [0.5, 0.6) is 0 Å². The maximum Gasteiger partial charge on any atom is 0.159 e. The maximum atomic E-state index is 13.0. The summed E-state index contributed by atoms with van der Waals surface area (Å²) >= 11 is 0.